The molecule has 8 heteroatoms. The summed E-state index contributed by atoms with van der Waals surface area (Å²) < 4.78 is 24.5. The van der Waals surface area contributed by atoms with Gasteiger partial charge in [-0.3, -0.25) is 0 Å². The second-order valence-corrected chi connectivity index (χ2v) is 10.6. The molecule has 0 spiro atoms. The summed E-state index contributed by atoms with van der Waals surface area (Å²) in [5.41, 5.74) is 3.87. The lowest BCUT2D eigenvalue weighted by Gasteiger charge is -2.20. The van der Waals surface area contributed by atoms with Gasteiger partial charge in [-0.2, -0.15) is 15.3 Å². The van der Waals surface area contributed by atoms with E-state index in [-0.39, 0.29) is 4.90 Å². The minimum Gasteiger partial charge on any atom is -0.371 e. The molecule has 0 amide bonds. The normalized spacial score (nSPS) is 13.1. The Morgan fingerprint density at radius 2 is 1.23 bits per heavy atom. The molecule has 0 atom stereocenters. The summed E-state index contributed by atoms with van der Waals surface area (Å²) in [6.45, 7) is 2.17. The van der Waals surface area contributed by atoms with E-state index in [2.05, 4.69) is 78.6 Å². The van der Waals surface area contributed by atoms with E-state index in [0.717, 1.165) is 24.2 Å². The number of nitrogens with zero attached hydrogens (tertiary/aromatic N) is 5. The standard InChI is InChI=1S/C32H23N5O2S/c1-2-3-4-9-24-40(38,39)28-18-16-27(17-19-28)34-33-25-12-14-26(15-13-25)35-36-31-20-21-32(37-22-7-8-23-37)30-11-6-5-10-29(30)31/h1,5-6,10-21H,7-8,22-23H2. The largest absolute Gasteiger partial charge is 0.371 e. The van der Waals surface area contributed by atoms with Gasteiger partial charge in [-0.05, 0) is 85.3 Å². The minimum atomic E-state index is -3.80. The van der Waals surface area contributed by atoms with Crippen LogP contribution in [0, 0.1) is 35.4 Å². The van der Waals surface area contributed by atoms with Gasteiger partial charge in [0, 0.05) is 46.6 Å². The first-order chi connectivity index (χ1) is 19.5. The van der Waals surface area contributed by atoms with Crippen LogP contribution in [0.25, 0.3) is 10.8 Å². The molecule has 1 aliphatic rings. The van der Waals surface area contributed by atoms with E-state index < -0.39 is 9.84 Å². The van der Waals surface area contributed by atoms with Crippen molar-refractivity contribution in [3.05, 3.63) is 84.9 Å². The van der Waals surface area contributed by atoms with Crippen LogP contribution in [0.5, 0.6) is 0 Å². The van der Waals surface area contributed by atoms with Crippen LogP contribution in [0.4, 0.5) is 28.4 Å². The molecule has 0 radical (unpaired) electrons. The first-order valence-electron chi connectivity index (χ1n) is 12.6. The third-order valence-corrected chi connectivity index (χ3v) is 7.52. The SMILES string of the molecule is C#CC#CC#CS(=O)(=O)c1ccc(N=Nc2ccc(N=Nc3ccc(N4CCCC4)c4ccccc34)cc2)cc1. The van der Waals surface area contributed by atoms with Crippen molar-refractivity contribution in [2.45, 2.75) is 17.7 Å². The van der Waals surface area contributed by atoms with Gasteiger partial charge in [-0.15, -0.1) is 11.5 Å². The molecule has 0 saturated carbocycles. The Hall–Kier alpha value is -5.23. The zero-order valence-corrected chi connectivity index (χ0v) is 22.3. The number of hydrogen-bond donors (Lipinski definition) is 0. The van der Waals surface area contributed by atoms with Crippen molar-refractivity contribution in [2.24, 2.45) is 20.5 Å². The fourth-order valence-electron chi connectivity index (χ4n) is 4.31. The zero-order chi connectivity index (χ0) is 27.8. The quantitative estimate of drug-likeness (QED) is 0.143. The van der Waals surface area contributed by atoms with E-state index in [1.807, 2.05) is 24.3 Å². The molecule has 1 saturated heterocycles. The Morgan fingerprint density at radius 1 is 0.650 bits per heavy atom. The monoisotopic (exact) mass is 541 g/mol. The predicted octanol–water partition coefficient (Wildman–Crippen LogP) is 7.64. The second-order valence-electron chi connectivity index (χ2n) is 8.88. The summed E-state index contributed by atoms with van der Waals surface area (Å²) in [7, 11) is -3.80. The summed E-state index contributed by atoms with van der Waals surface area (Å²) in [5, 5.41) is 21.7. The Labute approximate surface area is 233 Å². The maximum Gasteiger partial charge on any atom is 0.246 e. The van der Waals surface area contributed by atoms with E-state index in [1.165, 1.54) is 36.0 Å². The van der Waals surface area contributed by atoms with Crippen molar-refractivity contribution >= 4 is 49.0 Å². The lowest BCUT2D eigenvalue weighted by Crippen LogP contribution is -2.17. The zero-order valence-electron chi connectivity index (χ0n) is 21.4. The third kappa shape index (κ3) is 6.25. The predicted molar refractivity (Wildman–Crippen MR) is 158 cm³/mol. The molecule has 40 heavy (non-hydrogen) atoms. The minimum absolute atomic E-state index is 0.0367. The third-order valence-electron chi connectivity index (χ3n) is 6.26. The molecule has 0 bridgehead atoms. The Bertz CT molecular complexity index is 1880. The molecule has 5 rings (SSSR count). The van der Waals surface area contributed by atoms with Crippen LogP contribution >= 0.6 is 0 Å². The van der Waals surface area contributed by atoms with E-state index >= 15 is 0 Å². The van der Waals surface area contributed by atoms with Crippen LogP contribution in [0.15, 0.2) is 110 Å². The number of benzene rings is 4. The number of rotatable bonds is 6. The van der Waals surface area contributed by atoms with E-state index in [1.54, 1.807) is 24.3 Å². The average Bonchev–Trinajstić information content (AvgIpc) is 3.53. The summed E-state index contributed by atoms with van der Waals surface area (Å²) >= 11 is 0. The number of hydrogen-bond acceptors (Lipinski definition) is 7. The summed E-state index contributed by atoms with van der Waals surface area (Å²) in [6, 6.07) is 25.6. The van der Waals surface area contributed by atoms with E-state index in [4.69, 9.17) is 6.42 Å². The Morgan fingerprint density at radius 3 is 1.85 bits per heavy atom. The Balaban J connectivity index is 1.27. The van der Waals surface area contributed by atoms with Gasteiger partial charge in [0.2, 0.25) is 9.84 Å². The lowest BCUT2D eigenvalue weighted by atomic mass is 10.1. The number of anilines is 1. The lowest BCUT2D eigenvalue weighted by molar-refractivity contribution is 0.606. The van der Waals surface area contributed by atoms with Crippen LogP contribution in [-0.2, 0) is 9.84 Å². The van der Waals surface area contributed by atoms with Crippen LogP contribution in [0.1, 0.15) is 12.8 Å². The van der Waals surface area contributed by atoms with E-state index in [0.29, 0.717) is 17.1 Å². The molecule has 0 aliphatic carbocycles. The molecule has 0 N–H and O–H groups in total. The topological polar surface area (TPSA) is 86.8 Å². The Kier molecular flexibility index (Phi) is 7.97. The second kappa shape index (κ2) is 12.1. The highest BCUT2D eigenvalue weighted by Gasteiger charge is 2.16. The molecular formula is C32H23N5O2S. The molecule has 7 nitrogen and oxygen atoms in total. The highest BCUT2D eigenvalue weighted by Crippen LogP contribution is 2.36. The number of azo groups is 2. The summed E-state index contributed by atoms with van der Waals surface area (Å²) in [4.78, 5) is 2.47. The molecule has 0 aromatic heterocycles. The van der Waals surface area contributed by atoms with Crippen molar-refractivity contribution in [1.29, 1.82) is 0 Å². The van der Waals surface area contributed by atoms with Gasteiger partial charge in [-0.1, -0.05) is 24.3 Å². The molecule has 0 unspecified atom stereocenters. The van der Waals surface area contributed by atoms with Crippen LogP contribution < -0.4 is 4.90 Å². The fourth-order valence-corrected chi connectivity index (χ4v) is 5.11. The molecular weight excluding hydrogens is 518 g/mol. The van der Waals surface area contributed by atoms with Gasteiger partial charge in [0.15, 0.2) is 0 Å². The van der Waals surface area contributed by atoms with Crippen LogP contribution in [0.2, 0.25) is 0 Å². The number of sulfone groups is 1. The average molecular weight is 542 g/mol. The van der Waals surface area contributed by atoms with Crippen molar-refractivity contribution < 1.29 is 8.42 Å². The van der Waals surface area contributed by atoms with Crippen molar-refractivity contribution in [1.82, 2.24) is 0 Å². The maximum absolute atomic E-state index is 12.2. The number of terminal acetylenes is 1. The highest BCUT2D eigenvalue weighted by molar-refractivity contribution is 7.96. The van der Waals surface area contributed by atoms with Gasteiger partial charge in [-0.25, -0.2) is 8.42 Å². The smallest absolute Gasteiger partial charge is 0.246 e. The van der Waals surface area contributed by atoms with Gasteiger partial charge >= 0.3 is 0 Å². The molecule has 4 aromatic carbocycles. The highest BCUT2D eigenvalue weighted by atomic mass is 32.2. The van der Waals surface area contributed by atoms with Crippen molar-refractivity contribution in [3.8, 4) is 35.4 Å². The molecule has 4 aromatic rings. The first kappa shape index (κ1) is 26.4. The summed E-state index contributed by atoms with van der Waals surface area (Å²) in [5.74, 6) is 8.82. The first-order valence-corrected chi connectivity index (χ1v) is 14.0. The molecule has 1 aliphatic heterocycles. The van der Waals surface area contributed by atoms with Crippen LogP contribution in [-0.4, -0.2) is 21.5 Å². The fraction of sp³-hybridized carbons (Fsp3) is 0.125. The maximum atomic E-state index is 12.2. The molecule has 1 heterocycles. The molecule has 1 fully saturated rings. The van der Waals surface area contributed by atoms with Crippen molar-refractivity contribution in [2.75, 3.05) is 18.0 Å². The van der Waals surface area contributed by atoms with Crippen LogP contribution in [0.3, 0.4) is 0 Å². The van der Waals surface area contributed by atoms with Gasteiger partial charge in [0.1, 0.15) is 0 Å². The van der Waals surface area contributed by atoms with E-state index in [9.17, 15) is 8.42 Å². The number of fused-ring (bicyclic) bond motifs is 1. The van der Waals surface area contributed by atoms with Gasteiger partial charge in [0.25, 0.3) is 0 Å². The van der Waals surface area contributed by atoms with Gasteiger partial charge < -0.3 is 4.90 Å². The van der Waals surface area contributed by atoms with Crippen molar-refractivity contribution in [3.63, 3.8) is 0 Å². The molecule has 194 valence electrons. The van der Waals surface area contributed by atoms with Gasteiger partial charge in [0.05, 0.1) is 27.6 Å². The summed E-state index contributed by atoms with van der Waals surface area (Å²) in [6.07, 6.45) is 7.44.